The smallest absolute Gasteiger partial charge is 0.258 e. The Morgan fingerprint density at radius 1 is 1.19 bits per heavy atom. The van der Waals surface area contributed by atoms with Gasteiger partial charge in [0.1, 0.15) is 0 Å². The maximum absolute atomic E-state index is 12.9. The zero-order valence-corrected chi connectivity index (χ0v) is 15.8. The molecule has 1 aliphatic rings. The lowest BCUT2D eigenvalue weighted by Crippen LogP contribution is -2.36. The third-order valence-electron chi connectivity index (χ3n) is 4.77. The van der Waals surface area contributed by atoms with Crippen molar-refractivity contribution in [1.29, 1.82) is 0 Å². The number of halogens is 1. The predicted molar refractivity (Wildman–Crippen MR) is 105 cm³/mol. The molecule has 0 bridgehead atoms. The average Bonchev–Trinajstić information content (AvgIpc) is 2.66. The van der Waals surface area contributed by atoms with Crippen molar-refractivity contribution in [2.75, 3.05) is 11.4 Å². The molecule has 3 rings (SSSR count). The van der Waals surface area contributed by atoms with Crippen LogP contribution in [0.2, 0.25) is 5.02 Å². The highest BCUT2D eigenvalue weighted by atomic mass is 35.5. The van der Waals surface area contributed by atoms with E-state index < -0.39 is 0 Å². The first-order chi connectivity index (χ1) is 12.5. The minimum atomic E-state index is -0.0690. The Hall–Kier alpha value is -2.33. The molecule has 4 nitrogen and oxygen atoms in total. The maximum Gasteiger partial charge on any atom is 0.258 e. The van der Waals surface area contributed by atoms with Crippen LogP contribution in [0.25, 0.3) is 0 Å². The van der Waals surface area contributed by atoms with Gasteiger partial charge in [0.15, 0.2) is 0 Å². The number of benzene rings is 2. The third kappa shape index (κ3) is 3.91. The maximum atomic E-state index is 12.9. The monoisotopic (exact) mass is 370 g/mol. The number of hydrogen-bond acceptors (Lipinski definition) is 2. The molecule has 0 spiro atoms. The van der Waals surface area contributed by atoms with E-state index in [9.17, 15) is 9.59 Å². The van der Waals surface area contributed by atoms with Gasteiger partial charge >= 0.3 is 0 Å². The average molecular weight is 371 g/mol. The first-order valence-electron chi connectivity index (χ1n) is 9.01. The lowest BCUT2D eigenvalue weighted by Gasteiger charge is -2.30. The highest BCUT2D eigenvalue weighted by molar-refractivity contribution is 6.31. The second-order valence-electron chi connectivity index (χ2n) is 6.70. The van der Waals surface area contributed by atoms with Crippen LogP contribution >= 0.6 is 11.6 Å². The Bertz CT molecular complexity index is 835. The van der Waals surface area contributed by atoms with Gasteiger partial charge in [0, 0.05) is 34.4 Å². The topological polar surface area (TPSA) is 49.4 Å². The molecular formula is C21H23ClN2O2. The minimum absolute atomic E-state index is 0.0646. The summed E-state index contributed by atoms with van der Waals surface area (Å²) in [5, 5.41) is 3.53. The molecule has 2 aromatic rings. The van der Waals surface area contributed by atoms with E-state index in [0.29, 0.717) is 22.7 Å². The number of rotatable bonds is 4. The van der Waals surface area contributed by atoms with Gasteiger partial charge in [-0.15, -0.1) is 0 Å². The number of aryl methyl sites for hydroxylation is 1. The summed E-state index contributed by atoms with van der Waals surface area (Å²) >= 11 is 6.02. The van der Waals surface area contributed by atoms with Crippen molar-refractivity contribution in [1.82, 2.24) is 5.32 Å². The number of amides is 2. The molecule has 26 heavy (non-hydrogen) atoms. The van der Waals surface area contributed by atoms with Crippen LogP contribution in [-0.2, 0) is 6.42 Å². The van der Waals surface area contributed by atoms with Crippen LogP contribution in [0.5, 0.6) is 0 Å². The van der Waals surface area contributed by atoms with Crippen LogP contribution in [0, 0.1) is 0 Å². The molecule has 2 amide bonds. The Balaban J connectivity index is 1.86. The van der Waals surface area contributed by atoms with E-state index in [4.69, 9.17) is 11.6 Å². The number of hydrogen-bond donors (Lipinski definition) is 1. The molecule has 0 aromatic heterocycles. The molecule has 0 saturated heterocycles. The van der Waals surface area contributed by atoms with Gasteiger partial charge in [-0.25, -0.2) is 0 Å². The van der Waals surface area contributed by atoms with Gasteiger partial charge in [-0.05, 0) is 68.1 Å². The molecule has 1 atom stereocenters. The number of carbonyl (C=O) groups excluding carboxylic acids is 2. The summed E-state index contributed by atoms with van der Waals surface area (Å²) in [6.07, 6.45) is 2.62. The fourth-order valence-corrected chi connectivity index (χ4v) is 3.33. The Labute approximate surface area is 159 Å². The van der Waals surface area contributed by atoms with Crippen LogP contribution in [0.4, 0.5) is 5.69 Å². The molecule has 136 valence electrons. The number of nitrogens with one attached hydrogen (secondary N) is 1. The molecule has 0 fully saturated rings. The molecule has 0 saturated carbocycles. The SMILES string of the molecule is CC[C@@H](C)NC(=O)c1ccc2c(c1)CCCN2C(=O)c1cccc(Cl)c1. The molecule has 0 radical (unpaired) electrons. The lowest BCUT2D eigenvalue weighted by atomic mass is 9.98. The molecule has 2 aromatic carbocycles. The van der Waals surface area contributed by atoms with Crippen molar-refractivity contribution in [2.45, 2.75) is 39.2 Å². The van der Waals surface area contributed by atoms with Crippen LogP contribution in [-0.4, -0.2) is 24.4 Å². The van der Waals surface area contributed by atoms with Gasteiger partial charge in [-0.2, -0.15) is 0 Å². The summed E-state index contributed by atoms with van der Waals surface area (Å²) in [4.78, 5) is 27.1. The molecular weight excluding hydrogens is 348 g/mol. The van der Waals surface area contributed by atoms with Crippen LogP contribution in [0.3, 0.4) is 0 Å². The van der Waals surface area contributed by atoms with E-state index in [1.165, 1.54) is 0 Å². The number of nitrogens with zero attached hydrogens (tertiary/aromatic N) is 1. The summed E-state index contributed by atoms with van der Waals surface area (Å²) in [5.41, 5.74) is 3.12. The summed E-state index contributed by atoms with van der Waals surface area (Å²) in [6.45, 7) is 4.69. The minimum Gasteiger partial charge on any atom is -0.350 e. The summed E-state index contributed by atoms with van der Waals surface area (Å²) < 4.78 is 0. The van der Waals surface area contributed by atoms with Crippen molar-refractivity contribution in [3.05, 3.63) is 64.2 Å². The summed E-state index contributed by atoms with van der Waals surface area (Å²) in [7, 11) is 0. The Kier molecular flexibility index (Phi) is 5.62. The van der Waals surface area contributed by atoms with Gasteiger partial charge in [-0.1, -0.05) is 24.6 Å². The number of fused-ring (bicyclic) bond motifs is 1. The van der Waals surface area contributed by atoms with Crippen molar-refractivity contribution in [3.8, 4) is 0 Å². The third-order valence-corrected chi connectivity index (χ3v) is 5.00. The molecule has 1 N–H and O–H groups in total. The summed E-state index contributed by atoms with van der Waals surface area (Å²) in [6, 6.07) is 12.7. The second-order valence-corrected chi connectivity index (χ2v) is 7.13. The van der Waals surface area contributed by atoms with Gasteiger partial charge in [0.2, 0.25) is 0 Å². The Morgan fingerprint density at radius 3 is 2.73 bits per heavy atom. The van der Waals surface area contributed by atoms with E-state index in [1.807, 2.05) is 26.0 Å². The van der Waals surface area contributed by atoms with Gasteiger partial charge < -0.3 is 10.2 Å². The molecule has 0 aliphatic carbocycles. The van der Waals surface area contributed by atoms with Crippen LogP contribution in [0.1, 0.15) is 53.0 Å². The van der Waals surface area contributed by atoms with E-state index in [2.05, 4.69) is 5.32 Å². The zero-order chi connectivity index (χ0) is 18.7. The normalized spacial score (nSPS) is 14.5. The lowest BCUT2D eigenvalue weighted by molar-refractivity contribution is 0.0938. The predicted octanol–water partition coefficient (Wildman–Crippen LogP) is 4.46. The van der Waals surface area contributed by atoms with Crippen molar-refractivity contribution in [3.63, 3.8) is 0 Å². The van der Waals surface area contributed by atoms with Gasteiger partial charge in [0.05, 0.1) is 0 Å². The van der Waals surface area contributed by atoms with Gasteiger partial charge in [0.25, 0.3) is 11.8 Å². The Morgan fingerprint density at radius 2 is 2.00 bits per heavy atom. The van der Waals surface area contributed by atoms with Crippen LogP contribution in [0.15, 0.2) is 42.5 Å². The summed E-state index contributed by atoms with van der Waals surface area (Å²) in [5.74, 6) is -0.134. The van der Waals surface area contributed by atoms with E-state index >= 15 is 0 Å². The molecule has 1 heterocycles. The molecule has 0 unspecified atom stereocenters. The second kappa shape index (κ2) is 7.92. The number of carbonyl (C=O) groups is 2. The standard InChI is InChI=1S/C21H23ClN2O2/c1-3-14(2)23-20(25)16-9-10-19-15(12-16)7-5-11-24(19)21(26)17-6-4-8-18(22)13-17/h4,6,8-10,12-14H,3,5,7,11H2,1-2H3,(H,23,25)/t14-/m1/s1. The van der Waals surface area contributed by atoms with Crippen LogP contribution < -0.4 is 10.2 Å². The molecule has 1 aliphatic heterocycles. The van der Waals surface area contributed by atoms with E-state index in [0.717, 1.165) is 30.5 Å². The van der Waals surface area contributed by atoms with Crippen molar-refractivity contribution < 1.29 is 9.59 Å². The zero-order valence-electron chi connectivity index (χ0n) is 15.1. The largest absolute Gasteiger partial charge is 0.350 e. The van der Waals surface area contributed by atoms with E-state index in [1.54, 1.807) is 35.2 Å². The number of anilines is 1. The van der Waals surface area contributed by atoms with Gasteiger partial charge in [-0.3, -0.25) is 9.59 Å². The van der Waals surface area contributed by atoms with Crippen molar-refractivity contribution >= 4 is 29.1 Å². The quantitative estimate of drug-likeness (QED) is 0.863. The first-order valence-corrected chi connectivity index (χ1v) is 9.38. The van der Waals surface area contributed by atoms with Crippen molar-refractivity contribution in [2.24, 2.45) is 0 Å². The highest BCUT2D eigenvalue weighted by Gasteiger charge is 2.24. The fourth-order valence-electron chi connectivity index (χ4n) is 3.14. The fraction of sp³-hybridized carbons (Fsp3) is 0.333. The molecule has 5 heteroatoms. The first kappa shape index (κ1) is 18.5. The highest BCUT2D eigenvalue weighted by Crippen LogP contribution is 2.30. The van der Waals surface area contributed by atoms with E-state index in [-0.39, 0.29) is 17.9 Å².